The average molecular weight is 328 g/mol. The third-order valence-corrected chi connectivity index (χ3v) is 2.87. The van der Waals surface area contributed by atoms with Crippen molar-refractivity contribution in [2.24, 2.45) is 0 Å². The van der Waals surface area contributed by atoms with E-state index in [1.165, 1.54) is 13.2 Å². The van der Waals surface area contributed by atoms with Gasteiger partial charge in [0.05, 0.1) is 24.2 Å². The molecule has 4 nitrogen and oxygen atoms in total. The quantitative estimate of drug-likeness (QED) is 0.569. The smallest absolute Gasteiger partial charge is 0.416 e. The second kappa shape index (κ2) is 8.31. The second-order valence-corrected chi connectivity index (χ2v) is 4.58. The van der Waals surface area contributed by atoms with Crippen LogP contribution in [0.4, 0.5) is 18.9 Å². The number of alkyl halides is 4. The van der Waals surface area contributed by atoms with Crippen LogP contribution in [0.1, 0.15) is 5.56 Å². The molecule has 0 saturated carbocycles. The molecule has 120 valence electrons. The van der Waals surface area contributed by atoms with E-state index in [4.69, 9.17) is 21.1 Å². The highest BCUT2D eigenvalue weighted by molar-refractivity contribution is 6.18. The molecule has 1 aromatic rings. The molecule has 0 radical (unpaired) electrons. The number of rotatable bonds is 8. The second-order valence-electron chi connectivity index (χ2n) is 4.27. The Hall–Kier alpha value is -1.18. The van der Waals surface area contributed by atoms with Gasteiger partial charge in [0, 0.05) is 25.4 Å². The molecule has 1 unspecified atom stereocenters. The first kappa shape index (κ1) is 17.9. The zero-order valence-electron chi connectivity index (χ0n) is 11.4. The number of benzene rings is 1. The van der Waals surface area contributed by atoms with Gasteiger partial charge in [0.2, 0.25) is 0 Å². The monoisotopic (exact) mass is 327 g/mol. The van der Waals surface area contributed by atoms with Crippen LogP contribution in [0.15, 0.2) is 18.2 Å². The molecule has 0 spiro atoms. The van der Waals surface area contributed by atoms with Gasteiger partial charge in [-0.1, -0.05) is 0 Å². The molecule has 0 aliphatic rings. The van der Waals surface area contributed by atoms with E-state index in [9.17, 15) is 18.3 Å². The summed E-state index contributed by atoms with van der Waals surface area (Å²) in [5, 5.41) is 12.0. The van der Waals surface area contributed by atoms with E-state index in [0.717, 1.165) is 12.1 Å². The predicted molar refractivity (Wildman–Crippen MR) is 74.0 cm³/mol. The molecule has 1 atom stereocenters. The summed E-state index contributed by atoms with van der Waals surface area (Å²) in [7, 11) is 1.47. The van der Waals surface area contributed by atoms with Crippen molar-refractivity contribution in [3.63, 3.8) is 0 Å². The van der Waals surface area contributed by atoms with Crippen molar-refractivity contribution in [2.75, 3.05) is 38.1 Å². The number of aliphatic hydroxyl groups is 1. The molecule has 1 aromatic carbocycles. The van der Waals surface area contributed by atoms with Gasteiger partial charge in [0.15, 0.2) is 0 Å². The summed E-state index contributed by atoms with van der Waals surface area (Å²) in [6.45, 7) is 0.452. The molecular weight excluding hydrogens is 311 g/mol. The van der Waals surface area contributed by atoms with E-state index >= 15 is 0 Å². The molecule has 21 heavy (non-hydrogen) atoms. The Morgan fingerprint density at radius 1 is 1.29 bits per heavy atom. The van der Waals surface area contributed by atoms with Gasteiger partial charge in [0.1, 0.15) is 12.4 Å². The maximum Gasteiger partial charge on any atom is 0.416 e. The molecule has 2 N–H and O–H groups in total. The van der Waals surface area contributed by atoms with Crippen LogP contribution in [-0.4, -0.2) is 44.0 Å². The lowest BCUT2D eigenvalue weighted by molar-refractivity contribution is -0.137. The van der Waals surface area contributed by atoms with Gasteiger partial charge < -0.3 is 19.9 Å². The zero-order chi connectivity index (χ0) is 15.9. The summed E-state index contributed by atoms with van der Waals surface area (Å²) in [5.74, 6) is 0.0631. The van der Waals surface area contributed by atoms with Gasteiger partial charge in [-0.25, -0.2) is 0 Å². The van der Waals surface area contributed by atoms with E-state index in [0.29, 0.717) is 0 Å². The number of ether oxygens (including phenoxy) is 2. The van der Waals surface area contributed by atoms with Crippen LogP contribution in [-0.2, 0) is 10.9 Å². The highest BCUT2D eigenvalue weighted by Crippen LogP contribution is 2.34. The minimum Gasteiger partial charge on any atom is -0.491 e. The van der Waals surface area contributed by atoms with E-state index in [1.54, 1.807) is 0 Å². The minimum atomic E-state index is -4.48. The number of hydrogen-bond acceptors (Lipinski definition) is 4. The Kier molecular flexibility index (Phi) is 7.07. The maximum absolute atomic E-state index is 12.8. The number of halogens is 4. The van der Waals surface area contributed by atoms with Gasteiger partial charge in [0.25, 0.3) is 0 Å². The number of anilines is 1. The van der Waals surface area contributed by atoms with Gasteiger partial charge in [-0.3, -0.25) is 0 Å². The van der Waals surface area contributed by atoms with Crippen LogP contribution >= 0.6 is 11.6 Å². The standard InChI is InChI=1S/C13H17ClF3NO3/c1-20-2-3-21-12-5-9(13(15,16)17)4-10(6-12)18-8-11(19)7-14/h4-6,11,18-19H,2-3,7-8H2,1H3. The summed E-state index contributed by atoms with van der Waals surface area (Å²) in [5.41, 5.74) is -0.637. The zero-order valence-corrected chi connectivity index (χ0v) is 12.2. The third-order valence-electron chi connectivity index (χ3n) is 2.51. The molecule has 0 heterocycles. The Balaban J connectivity index is 2.87. The van der Waals surface area contributed by atoms with Crippen LogP contribution in [0.3, 0.4) is 0 Å². The molecule has 0 aromatic heterocycles. The predicted octanol–water partition coefficient (Wildman–Crippen LogP) is 2.74. The lowest BCUT2D eigenvalue weighted by Crippen LogP contribution is -2.21. The number of methoxy groups -OCH3 is 1. The number of hydrogen-bond donors (Lipinski definition) is 2. The van der Waals surface area contributed by atoms with E-state index in [2.05, 4.69) is 5.32 Å². The summed E-state index contributed by atoms with van der Waals surface area (Å²) < 4.78 is 48.4. The fourth-order valence-corrected chi connectivity index (χ4v) is 1.59. The molecule has 0 fully saturated rings. The van der Waals surface area contributed by atoms with Crippen molar-refractivity contribution < 1.29 is 27.8 Å². The van der Waals surface area contributed by atoms with E-state index in [1.807, 2.05) is 0 Å². The van der Waals surface area contributed by atoms with Gasteiger partial charge >= 0.3 is 6.18 Å². The Bertz CT molecular complexity index is 443. The maximum atomic E-state index is 12.8. The fourth-order valence-electron chi connectivity index (χ4n) is 1.48. The van der Waals surface area contributed by atoms with Crippen LogP contribution in [0.5, 0.6) is 5.75 Å². The molecule has 8 heteroatoms. The van der Waals surface area contributed by atoms with Gasteiger partial charge in [-0.2, -0.15) is 13.2 Å². The van der Waals surface area contributed by atoms with Crippen molar-refractivity contribution in [1.82, 2.24) is 0 Å². The van der Waals surface area contributed by atoms with Crippen molar-refractivity contribution in [3.8, 4) is 5.75 Å². The summed E-state index contributed by atoms with van der Waals surface area (Å²) >= 11 is 5.43. The summed E-state index contributed by atoms with van der Waals surface area (Å²) in [6, 6.07) is 3.29. The molecule has 0 saturated heterocycles. The fraction of sp³-hybridized carbons (Fsp3) is 0.538. The highest BCUT2D eigenvalue weighted by Gasteiger charge is 2.31. The highest BCUT2D eigenvalue weighted by atomic mass is 35.5. The molecule has 1 rings (SSSR count). The Labute approximate surface area is 125 Å². The van der Waals surface area contributed by atoms with E-state index < -0.39 is 17.8 Å². The summed E-state index contributed by atoms with van der Waals surface area (Å²) in [4.78, 5) is 0. The minimum absolute atomic E-state index is 0.0108. The van der Waals surface area contributed by atoms with E-state index in [-0.39, 0.29) is 37.1 Å². The molecule has 0 aliphatic heterocycles. The van der Waals surface area contributed by atoms with Crippen LogP contribution < -0.4 is 10.1 Å². The molecular formula is C13H17ClF3NO3. The SMILES string of the molecule is COCCOc1cc(NCC(O)CCl)cc(C(F)(F)F)c1. The first-order chi connectivity index (χ1) is 9.86. The van der Waals surface area contributed by atoms with Crippen molar-refractivity contribution in [3.05, 3.63) is 23.8 Å². The Morgan fingerprint density at radius 2 is 2.00 bits per heavy atom. The third kappa shape index (κ3) is 6.41. The lowest BCUT2D eigenvalue weighted by Gasteiger charge is -2.15. The largest absolute Gasteiger partial charge is 0.491 e. The first-order valence-corrected chi connectivity index (χ1v) is 6.72. The average Bonchev–Trinajstić information content (AvgIpc) is 2.44. The van der Waals surface area contributed by atoms with Crippen LogP contribution in [0, 0.1) is 0 Å². The lowest BCUT2D eigenvalue weighted by atomic mass is 10.1. The van der Waals surface area contributed by atoms with Crippen molar-refractivity contribution >= 4 is 17.3 Å². The van der Waals surface area contributed by atoms with Crippen molar-refractivity contribution in [2.45, 2.75) is 12.3 Å². The Morgan fingerprint density at radius 3 is 2.57 bits per heavy atom. The van der Waals surface area contributed by atoms with Crippen molar-refractivity contribution in [1.29, 1.82) is 0 Å². The molecule has 0 amide bonds. The van der Waals surface area contributed by atoms with Gasteiger partial charge in [-0.05, 0) is 12.1 Å². The van der Waals surface area contributed by atoms with Crippen LogP contribution in [0.25, 0.3) is 0 Å². The normalized spacial score (nSPS) is 13.0. The molecule has 0 aliphatic carbocycles. The topological polar surface area (TPSA) is 50.7 Å². The summed E-state index contributed by atoms with van der Waals surface area (Å²) in [6.07, 6.45) is -5.33. The number of nitrogens with one attached hydrogen (secondary N) is 1. The number of aliphatic hydroxyl groups excluding tert-OH is 1. The molecule has 0 bridgehead atoms. The van der Waals surface area contributed by atoms with Crippen LogP contribution in [0.2, 0.25) is 0 Å². The van der Waals surface area contributed by atoms with Gasteiger partial charge in [-0.15, -0.1) is 11.6 Å². The first-order valence-electron chi connectivity index (χ1n) is 6.18.